The average Bonchev–Trinajstić information content (AvgIpc) is 2.90. The van der Waals surface area contributed by atoms with Gasteiger partial charge in [-0.1, -0.05) is 42.4 Å². The molecule has 0 aliphatic carbocycles. The first-order valence-corrected chi connectivity index (χ1v) is 6.89. The molecule has 3 aromatic rings. The third-order valence-corrected chi connectivity index (χ3v) is 3.25. The summed E-state index contributed by atoms with van der Waals surface area (Å²) in [5.74, 6) is 0.218. The van der Waals surface area contributed by atoms with Gasteiger partial charge in [-0.05, 0) is 17.7 Å². The SMILES string of the molecule is CCC(=O)Oc1ccc2c(Cc3ccccc3)noc2c1. The highest BCUT2D eigenvalue weighted by molar-refractivity contribution is 5.82. The third-order valence-electron chi connectivity index (χ3n) is 3.25. The summed E-state index contributed by atoms with van der Waals surface area (Å²) in [7, 11) is 0. The second-order valence-electron chi connectivity index (χ2n) is 4.78. The van der Waals surface area contributed by atoms with E-state index in [1.807, 2.05) is 24.3 Å². The molecule has 0 amide bonds. The number of carbonyl (C=O) groups is 1. The molecule has 0 unspecified atom stereocenters. The molecule has 0 aliphatic heterocycles. The molecule has 0 saturated heterocycles. The van der Waals surface area contributed by atoms with E-state index in [2.05, 4.69) is 17.3 Å². The number of esters is 1. The highest BCUT2D eigenvalue weighted by Crippen LogP contribution is 2.25. The van der Waals surface area contributed by atoms with Crippen molar-refractivity contribution in [2.45, 2.75) is 19.8 Å². The molecule has 0 atom stereocenters. The normalized spacial score (nSPS) is 10.7. The fourth-order valence-corrected chi connectivity index (χ4v) is 2.15. The van der Waals surface area contributed by atoms with E-state index in [1.165, 1.54) is 5.56 Å². The summed E-state index contributed by atoms with van der Waals surface area (Å²) in [6.07, 6.45) is 1.05. The van der Waals surface area contributed by atoms with Gasteiger partial charge in [0.2, 0.25) is 0 Å². The Hall–Kier alpha value is -2.62. The Balaban J connectivity index is 1.87. The highest BCUT2D eigenvalue weighted by Gasteiger charge is 2.11. The van der Waals surface area contributed by atoms with Crippen molar-refractivity contribution in [1.29, 1.82) is 0 Å². The van der Waals surface area contributed by atoms with Gasteiger partial charge in [-0.3, -0.25) is 4.79 Å². The monoisotopic (exact) mass is 281 g/mol. The van der Waals surface area contributed by atoms with Crippen LogP contribution in [0.5, 0.6) is 5.75 Å². The molecule has 0 spiro atoms. The van der Waals surface area contributed by atoms with Crippen molar-refractivity contribution in [3.05, 3.63) is 59.8 Å². The smallest absolute Gasteiger partial charge is 0.310 e. The Morgan fingerprint density at radius 3 is 2.76 bits per heavy atom. The van der Waals surface area contributed by atoms with Gasteiger partial charge in [-0.25, -0.2) is 0 Å². The molecule has 0 fully saturated rings. The van der Waals surface area contributed by atoms with E-state index in [-0.39, 0.29) is 5.97 Å². The van der Waals surface area contributed by atoms with Crippen LogP contribution in [-0.2, 0) is 11.2 Å². The summed E-state index contributed by atoms with van der Waals surface area (Å²) in [4.78, 5) is 11.3. The molecule has 106 valence electrons. The number of rotatable bonds is 4. The predicted molar refractivity (Wildman–Crippen MR) is 79.2 cm³/mol. The van der Waals surface area contributed by atoms with Crippen LogP contribution in [0.15, 0.2) is 53.1 Å². The number of hydrogen-bond donors (Lipinski definition) is 0. The van der Waals surface area contributed by atoms with Crippen LogP contribution in [0.4, 0.5) is 0 Å². The second-order valence-corrected chi connectivity index (χ2v) is 4.78. The van der Waals surface area contributed by atoms with Crippen molar-refractivity contribution in [2.75, 3.05) is 0 Å². The minimum atomic E-state index is -0.265. The lowest BCUT2D eigenvalue weighted by atomic mass is 10.1. The number of fused-ring (bicyclic) bond motifs is 1. The van der Waals surface area contributed by atoms with Crippen LogP contribution in [0.3, 0.4) is 0 Å². The third kappa shape index (κ3) is 2.94. The summed E-state index contributed by atoms with van der Waals surface area (Å²) < 4.78 is 10.5. The van der Waals surface area contributed by atoms with Crippen molar-refractivity contribution >= 4 is 16.9 Å². The molecule has 21 heavy (non-hydrogen) atoms. The molecule has 0 N–H and O–H groups in total. The van der Waals surface area contributed by atoms with E-state index in [0.29, 0.717) is 24.2 Å². The van der Waals surface area contributed by atoms with E-state index < -0.39 is 0 Å². The van der Waals surface area contributed by atoms with Gasteiger partial charge in [-0.2, -0.15) is 0 Å². The number of aromatic nitrogens is 1. The van der Waals surface area contributed by atoms with Gasteiger partial charge in [0.25, 0.3) is 0 Å². The lowest BCUT2D eigenvalue weighted by molar-refractivity contribution is -0.134. The first-order chi connectivity index (χ1) is 10.3. The maximum absolute atomic E-state index is 11.3. The summed E-state index contributed by atoms with van der Waals surface area (Å²) in [6.45, 7) is 1.76. The molecule has 2 aromatic carbocycles. The Labute approximate surface area is 122 Å². The van der Waals surface area contributed by atoms with Crippen LogP contribution in [0, 0.1) is 0 Å². The van der Waals surface area contributed by atoms with E-state index in [0.717, 1.165) is 11.1 Å². The molecule has 4 heteroatoms. The zero-order valence-electron chi connectivity index (χ0n) is 11.7. The molecule has 0 bridgehead atoms. The Bertz CT molecular complexity index is 762. The lowest BCUT2D eigenvalue weighted by Crippen LogP contribution is -2.05. The van der Waals surface area contributed by atoms with Gasteiger partial charge < -0.3 is 9.26 Å². The molecule has 4 nitrogen and oxygen atoms in total. The molecular weight excluding hydrogens is 266 g/mol. The van der Waals surface area contributed by atoms with E-state index in [9.17, 15) is 4.79 Å². The lowest BCUT2D eigenvalue weighted by Gasteiger charge is -2.01. The summed E-state index contributed by atoms with van der Waals surface area (Å²) in [5, 5.41) is 5.06. The Morgan fingerprint density at radius 1 is 1.19 bits per heavy atom. The van der Waals surface area contributed by atoms with Crippen molar-refractivity contribution in [2.24, 2.45) is 0 Å². The molecule has 1 aromatic heterocycles. The predicted octanol–water partition coefficient (Wildman–Crippen LogP) is 3.73. The highest BCUT2D eigenvalue weighted by atomic mass is 16.5. The fraction of sp³-hybridized carbons (Fsp3) is 0.176. The summed E-state index contributed by atoms with van der Waals surface area (Å²) in [5.41, 5.74) is 2.68. The number of carbonyl (C=O) groups excluding carboxylic acids is 1. The fourth-order valence-electron chi connectivity index (χ4n) is 2.15. The summed E-state index contributed by atoms with van der Waals surface area (Å²) in [6, 6.07) is 15.4. The van der Waals surface area contributed by atoms with Crippen LogP contribution in [0.25, 0.3) is 11.0 Å². The van der Waals surface area contributed by atoms with Crippen LogP contribution >= 0.6 is 0 Å². The van der Waals surface area contributed by atoms with Gasteiger partial charge in [-0.15, -0.1) is 0 Å². The molecule has 0 radical (unpaired) electrons. The maximum Gasteiger partial charge on any atom is 0.310 e. The van der Waals surface area contributed by atoms with Crippen molar-refractivity contribution in [1.82, 2.24) is 5.16 Å². The van der Waals surface area contributed by atoms with Gasteiger partial charge in [0.05, 0.1) is 5.69 Å². The Kier molecular flexibility index (Phi) is 3.69. The van der Waals surface area contributed by atoms with Crippen molar-refractivity contribution in [3.63, 3.8) is 0 Å². The van der Waals surface area contributed by atoms with Crippen LogP contribution < -0.4 is 4.74 Å². The molecular formula is C17H15NO3. The van der Waals surface area contributed by atoms with Gasteiger partial charge in [0.1, 0.15) is 5.75 Å². The number of benzene rings is 2. The molecule has 0 aliphatic rings. The number of nitrogens with zero attached hydrogens (tertiary/aromatic N) is 1. The number of hydrogen-bond acceptors (Lipinski definition) is 4. The first-order valence-electron chi connectivity index (χ1n) is 6.89. The van der Waals surface area contributed by atoms with Crippen LogP contribution in [-0.4, -0.2) is 11.1 Å². The molecule has 3 rings (SSSR count). The van der Waals surface area contributed by atoms with Gasteiger partial charge in [0, 0.05) is 24.3 Å². The minimum absolute atomic E-state index is 0.265. The quantitative estimate of drug-likeness (QED) is 0.540. The standard InChI is InChI=1S/C17H15NO3/c1-2-17(19)20-13-8-9-14-15(18-21-16(14)11-13)10-12-6-4-3-5-7-12/h3-9,11H,2,10H2,1H3. The topological polar surface area (TPSA) is 52.3 Å². The Morgan fingerprint density at radius 2 is 2.00 bits per heavy atom. The van der Waals surface area contributed by atoms with E-state index >= 15 is 0 Å². The second kappa shape index (κ2) is 5.79. The molecule has 1 heterocycles. The van der Waals surface area contributed by atoms with Crippen LogP contribution in [0.2, 0.25) is 0 Å². The first kappa shape index (κ1) is 13.4. The minimum Gasteiger partial charge on any atom is -0.426 e. The zero-order chi connectivity index (χ0) is 14.7. The molecule has 0 saturated carbocycles. The summed E-state index contributed by atoms with van der Waals surface area (Å²) >= 11 is 0. The maximum atomic E-state index is 11.3. The van der Waals surface area contributed by atoms with Gasteiger partial charge >= 0.3 is 5.97 Å². The average molecular weight is 281 g/mol. The zero-order valence-corrected chi connectivity index (χ0v) is 11.7. The van der Waals surface area contributed by atoms with Gasteiger partial charge in [0.15, 0.2) is 5.58 Å². The van der Waals surface area contributed by atoms with Crippen LogP contribution in [0.1, 0.15) is 24.6 Å². The number of ether oxygens (including phenoxy) is 1. The van der Waals surface area contributed by atoms with E-state index in [4.69, 9.17) is 9.26 Å². The van der Waals surface area contributed by atoms with Crippen molar-refractivity contribution in [3.8, 4) is 5.75 Å². The largest absolute Gasteiger partial charge is 0.426 e. The van der Waals surface area contributed by atoms with E-state index in [1.54, 1.807) is 19.1 Å². The van der Waals surface area contributed by atoms with Crippen molar-refractivity contribution < 1.29 is 14.1 Å².